The van der Waals surface area contributed by atoms with E-state index < -0.39 is 11.4 Å². The molecule has 0 bridgehead atoms. The molecular formula is C12H16N2O3. The van der Waals surface area contributed by atoms with Crippen LogP contribution in [-0.4, -0.2) is 23.2 Å². The lowest BCUT2D eigenvalue weighted by Gasteiger charge is -2.26. The Bertz CT molecular complexity index is 457. The Morgan fingerprint density at radius 1 is 1.59 bits per heavy atom. The van der Waals surface area contributed by atoms with E-state index in [0.29, 0.717) is 12.4 Å². The fourth-order valence-corrected chi connectivity index (χ4v) is 1.82. The van der Waals surface area contributed by atoms with Crippen LogP contribution in [0.2, 0.25) is 0 Å². The Hall–Kier alpha value is -1.75. The van der Waals surface area contributed by atoms with E-state index in [1.54, 1.807) is 32.0 Å². The van der Waals surface area contributed by atoms with Gasteiger partial charge in [-0.05, 0) is 26.0 Å². The van der Waals surface area contributed by atoms with Crippen molar-refractivity contribution in [3.05, 3.63) is 23.8 Å². The third kappa shape index (κ3) is 2.19. The Labute approximate surface area is 99.6 Å². The van der Waals surface area contributed by atoms with Crippen LogP contribution in [0.15, 0.2) is 18.2 Å². The zero-order valence-corrected chi connectivity index (χ0v) is 9.86. The topological polar surface area (TPSA) is 84.6 Å². The number of aromatic hydroxyl groups is 1. The highest BCUT2D eigenvalue weighted by Crippen LogP contribution is 2.35. The summed E-state index contributed by atoms with van der Waals surface area (Å²) in [6, 6.07) is 4.85. The molecule has 0 fully saturated rings. The average Bonchev–Trinajstić information content (AvgIpc) is 2.60. The molecule has 1 atom stereocenters. The highest BCUT2D eigenvalue weighted by Gasteiger charge is 2.33. The van der Waals surface area contributed by atoms with E-state index in [9.17, 15) is 9.90 Å². The monoisotopic (exact) mass is 236 g/mol. The number of hydrogen-bond acceptors (Lipinski definition) is 4. The van der Waals surface area contributed by atoms with Gasteiger partial charge in [0, 0.05) is 11.6 Å². The first kappa shape index (κ1) is 11.7. The van der Waals surface area contributed by atoms with Crippen LogP contribution in [0.1, 0.15) is 25.5 Å². The van der Waals surface area contributed by atoms with Gasteiger partial charge in [-0.2, -0.15) is 0 Å². The SMILES string of the molecule is CC(C)(NC1COc2cc(O)ccc21)C(N)=O. The van der Waals surface area contributed by atoms with Crippen LogP contribution in [0.4, 0.5) is 0 Å². The van der Waals surface area contributed by atoms with Gasteiger partial charge in [-0.25, -0.2) is 0 Å². The Morgan fingerprint density at radius 2 is 2.29 bits per heavy atom. The Balaban J connectivity index is 2.20. The molecule has 17 heavy (non-hydrogen) atoms. The zero-order valence-electron chi connectivity index (χ0n) is 9.86. The molecule has 92 valence electrons. The normalized spacial score (nSPS) is 18.6. The van der Waals surface area contributed by atoms with E-state index in [1.165, 1.54) is 0 Å². The summed E-state index contributed by atoms with van der Waals surface area (Å²) in [4.78, 5) is 11.3. The first-order valence-corrected chi connectivity index (χ1v) is 5.43. The minimum Gasteiger partial charge on any atom is -0.508 e. The molecule has 0 aromatic heterocycles. The number of phenolic OH excluding ortho intramolecular Hbond substituents is 1. The number of carbonyl (C=O) groups is 1. The molecule has 0 aliphatic carbocycles. The molecule has 2 rings (SSSR count). The highest BCUT2D eigenvalue weighted by molar-refractivity contribution is 5.83. The number of fused-ring (bicyclic) bond motifs is 1. The molecule has 0 radical (unpaired) electrons. The number of amides is 1. The third-order valence-corrected chi connectivity index (χ3v) is 2.93. The van der Waals surface area contributed by atoms with E-state index in [1.807, 2.05) is 0 Å². The first-order chi connectivity index (χ1) is 7.90. The molecule has 1 heterocycles. The number of rotatable bonds is 3. The first-order valence-electron chi connectivity index (χ1n) is 5.43. The number of phenols is 1. The second-order valence-corrected chi connectivity index (χ2v) is 4.72. The molecule has 1 amide bonds. The predicted molar refractivity (Wildman–Crippen MR) is 62.8 cm³/mol. The molecule has 4 N–H and O–H groups in total. The van der Waals surface area contributed by atoms with Crippen molar-refractivity contribution in [1.82, 2.24) is 5.32 Å². The molecule has 1 aliphatic heterocycles. The van der Waals surface area contributed by atoms with Crippen molar-refractivity contribution < 1.29 is 14.6 Å². The van der Waals surface area contributed by atoms with E-state index in [4.69, 9.17) is 10.5 Å². The van der Waals surface area contributed by atoms with Gasteiger partial charge in [-0.15, -0.1) is 0 Å². The molecule has 1 aromatic rings. The summed E-state index contributed by atoms with van der Waals surface area (Å²) in [5.41, 5.74) is 5.44. The molecule has 5 nitrogen and oxygen atoms in total. The van der Waals surface area contributed by atoms with Crippen LogP contribution >= 0.6 is 0 Å². The zero-order chi connectivity index (χ0) is 12.6. The quantitative estimate of drug-likeness (QED) is 0.720. The van der Waals surface area contributed by atoms with Gasteiger partial charge >= 0.3 is 0 Å². The van der Waals surface area contributed by atoms with Crippen molar-refractivity contribution in [3.63, 3.8) is 0 Å². The second kappa shape index (κ2) is 3.92. The smallest absolute Gasteiger partial charge is 0.237 e. The predicted octanol–water partition coefficient (Wildman–Crippen LogP) is 0.679. The van der Waals surface area contributed by atoms with E-state index >= 15 is 0 Å². The number of ether oxygens (including phenoxy) is 1. The van der Waals surface area contributed by atoms with Crippen molar-refractivity contribution in [3.8, 4) is 11.5 Å². The molecule has 1 unspecified atom stereocenters. The summed E-state index contributed by atoms with van der Waals surface area (Å²) in [6.45, 7) is 3.89. The maximum absolute atomic E-state index is 11.3. The maximum Gasteiger partial charge on any atom is 0.237 e. The summed E-state index contributed by atoms with van der Waals surface area (Å²) >= 11 is 0. The maximum atomic E-state index is 11.3. The van der Waals surface area contributed by atoms with Crippen molar-refractivity contribution in [2.45, 2.75) is 25.4 Å². The van der Waals surface area contributed by atoms with E-state index in [2.05, 4.69) is 5.32 Å². The van der Waals surface area contributed by atoms with Crippen LogP contribution in [-0.2, 0) is 4.79 Å². The van der Waals surface area contributed by atoms with Crippen molar-refractivity contribution in [2.24, 2.45) is 5.73 Å². The number of hydrogen-bond donors (Lipinski definition) is 3. The van der Waals surface area contributed by atoms with Gasteiger partial charge in [0.1, 0.15) is 18.1 Å². The second-order valence-electron chi connectivity index (χ2n) is 4.72. The highest BCUT2D eigenvalue weighted by atomic mass is 16.5. The molecule has 1 aromatic carbocycles. The van der Waals surface area contributed by atoms with Gasteiger partial charge in [-0.1, -0.05) is 0 Å². The molecule has 0 saturated heterocycles. The van der Waals surface area contributed by atoms with Gasteiger partial charge in [0.15, 0.2) is 0 Å². The number of nitrogens with one attached hydrogen (secondary N) is 1. The van der Waals surface area contributed by atoms with E-state index in [0.717, 1.165) is 5.56 Å². The Morgan fingerprint density at radius 3 is 2.94 bits per heavy atom. The summed E-state index contributed by atoms with van der Waals surface area (Å²) in [7, 11) is 0. The standard InChI is InChI=1S/C12H16N2O3/c1-12(2,11(13)16)14-9-6-17-10-5-7(15)3-4-8(9)10/h3-5,9,14-15H,6H2,1-2H3,(H2,13,16). The van der Waals surface area contributed by atoms with Crippen LogP contribution in [0.25, 0.3) is 0 Å². The third-order valence-electron chi connectivity index (χ3n) is 2.93. The molecule has 0 saturated carbocycles. The summed E-state index contributed by atoms with van der Waals surface area (Å²) in [5.74, 6) is 0.395. The summed E-state index contributed by atoms with van der Waals surface area (Å²) < 4.78 is 5.44. The van der Waals surface area contributed by atoms with Crippen molar-refractivity contribution >= 4 is 5.91 Å². The van der Waals surface area contributed by atoms with Gasteiger partial charge < -0.3 is 15.6 Å². The van der Waals surface area contributed by atoms with Crippen LogP contribution in [0.5, 0.6) is 11.5 Å². The van der Waals surface area contributed by atoms with Crippen molar-refractivity contribution in [1.29, 1.82) is 0 Å². The fourth-order valence-electron chi connectivity index (χ4n) is 1.82. The largest absolute Gasteiger partial charge is 0.508 e. The van der Waals surface area contributed by atoms with Gasteiger partial charge in [0.2, 0.25) is 5.91 Å². The lowest BCUT2D eigenvalue weighted by Crippen LogP contribution is -2.52. The van der Waals surface area contributed by atoms with Gasteiger partial charge in [0.25, 0.3) is 0 Å². The van der Waals surface area contributed by atoms with Gasteiger partial charge in [-0.3, -0.25) is 10.1 Å². The number of primary amides is 1. The summed E-state index contributed by atoms with van der Waals surface area (Å²) in [6.07, 6.45) is 0. The summed E-state index contributed by atoms with van der Waals surface area (Å²) in [5, 5.41) is 12.5. The van der Waals surface area contributed by atoms with Crippen LogP contribution < -0.4 is 15.8 Å². The molecule has 0 spiro atoms. The molecular weight excluding hydrogens is 220 g/mol. The number of carbonyl (C=O) groups excluding carboxylic acids is 1. The van der Waals surface area contributed by atoms with Gasteiger partial charge in [0.05, 0.1) is 11.6 Å². The Kier molecular flexibility index (Phi) is 2.71. The minimum absolute atomic E-state index is 0.0897. The van der Waals surface area contributed by atoms with Crippen molar-refractivity contribution in [2.75, 3.05) is 6.61 Å². The van der Waals surface area contributed by atoms with E-state index in [-0.39, 0.29) is 11.8 Å². The molecule has 5 heteroatoms. The minimum atomic E-state index is -0.798. The number of benzene rings is 1. The molecule has 1 aliphatic rings. The van der Waals surface area contributed by atoms with Crippen LogP contribution in [0, 0.1) is 0 Å². The van der Waals surface area contributed by atoms with Crippen LogP contribution in [0.3, 0.4) is 0 Å². The lowest BCUT2D eigenvalue weighted by atomic mass is 10.0. The fraction of sp³-hybridized carbons (Fsp3) is 0.417. The average molecular weight is 236 g/mol. The lowest BCUT2D eigenvalue weighted by molar-refractivity contribution is -0.123. The number of nitrogens with two attached hydrogens (primary N) is 1.